The molecule has 0 saturated heterocycles. The maximum Gasteiger partial charge on any atom is 0.326 e. The van der Waals surface area contributed by atoms with E-state index >= 15 is 0 Å². The third-order valence-corrected chi connectivity index (χ3v) is 4.11. The van der Waals surface area contributed by atoms with E-state index in [4.69, 9.17) is 9.47 Å². The molecule has 1 aliphatic heterocycles. The molecule has 1 N–H and O–H groups in total. The van der Waals surface area contributed by atoms with E-state index in [1.165, 1.54) is 0 Å². The second-order valence-corrected chi connectivity index (χ2v) is 5.61. The van der Waals surface area contributed by atoms with Gasteiger partial charge in [0.1, 0.15) is 5.75 Å². The molecular formula is C19H20N2O4. The smallest absolute Gasteiger partial charge is 0.326 e. The van der Waals surface area contributed by atoms with Crippen molar-refractivity contribution in [1.82, 2.24) is 0 Å². The molecule has 1 atom stereocenters. The molecule has 6 heteroatoms. The normalized spacial score (nSPS) is 16.0. The van der Waals surface area contributed by atoms with Gasteiger partial charge in [-0.3, -0.25) is 9.69 Å². The molecule has 2 amide bonds. The molecule has 1 unspecified atom stereocenters. The van der Waals surface area contributed by atoms with Crippen LogP contribution in [0.1, 0.15) is 24.9 Å². The van der Waals surface area contributed by atoms with Crippen molar-refractivity contribution in [2.45, 2.75) is 19.4 Å². The molecule has 0 aliphatic carbocycles. The van der Waals surface area contributed by atoms with Crippen LogP contribution in [0.15, 0.2) is 48.5 Å². The van der Waals surface area contributed by atoms with Crippen LogP contribution in [0, 0.1) is 0 Å². The Hall–Kier alpha value is -3.02. The Morgan fingerprint density at radius 2 is 1.88 bits per heavy atom. The number of para-hydroxylation sites is 1. The molecule has 25 heavy (non-hydrogen) atoms. The molecule has 0 aromatic heterocycles. The van der Waals surface area contributed by atoms with E-state index in [0.717, 1.165) is 5.56 Å². The van der Waals surface area contributed by atoms with Gasteiger partial charge < -0.3 is 14.8 Å². The van der Waals surface area contributed by atoms with E-state index < -0.39 is 6.04 Å². The topological polar surface area (TPSA) is 67.9 Å². The number of nitrogens with zero attached hydrogens (tertiary/aromatic N) is 1. The Morgan fingerprint density at radius 1 is 1.16 bits per heavy atom. The van der Waals surface area contributed by atoms with Crippen LogP contribution in [-0.2, 0) is 9.53 Å². The van der Waals surface area contributed by atoms with Gasteiger partial charge in [0, 0.05) is 11.4 Å². The number of benzene rings is 2. The second-order valence-electron chi connectivity index (χ2n) is 5.61. The van der Waals surface area contributed by atoms with Gasteiger partial charge in [0.15, 0.2) is 0 Å². The number of hydrogen-bond donors (Lipinski definition) is 1. The molecule has 130 valence electrons. The minimum atomic E-state index is -0.433. The maximum atomic E-state index is 12.7. The molecule has 0 radical (unpaired) electrons. The summed E-state index contributed by atoms with van der Waals surface area (Å²) >= 11 is 0. The predicted octanol–water partition coefficient (Wildman–Crippen LogP) is 3.74. The lowest BCUT2D eigenvalue weighted by Crippen LogP contribution is -2.43. The molecular weight excluding hydrogens is 320 g/mol. The van der Waals surface area contributed by atoms with Gasteiger partial charge in [0.05, 0.1) is 26.2 Å². The van der Waals surface area contributed by atoms with Gasteiger partial charge in [0.25, 0.3) is 0 Å². The summed E-state index contributed by atoms with van der Waals surface area (Å²) in [5, 5.41) is 2.88. The summed E-state index contributed by atoms with van der Waals surface area (Å²) in [6, 6.07) is 13.9. The van der Waals surface area contributed by atoms with E-state index in [2.05, 4.69) is 5.32 Å². The highest BCUT2D eigenvalue weighted by Gasteiger charge is 2.35. The fourth-order valence-corrected chi connectivity index (χ4v) is 2.98. The number of nitrogens with one attached hydrogen (secondary N) is 1. The minimum absolute atomic E-state index is 0.0876. The van der Waals surface area contributed by atoms with Gasteiger partial charge in [-0.15, -0.1) is 0 Å². The van der Waals surface area contributed by atoms with Crippen molar-refractivity contribution < 1.29 is 19.1 Å². The van der Waals surface area contributed by atoms with E-state index in [0.29, 0.717) is 23.7 Å². The number of anilines is 2. The Bertz CT molecular complexity index is 773. The number of hydrogen-bond acceptors (Lipinski definition) is 4. The average Bonchev–Trinajstić information content (AvgIpc) is 2.62. The first-order chi connectivity index (χ1) is 12.1. The number of rotatable bonds is 5. The number of carbonyl (C=O) groups excluding carboxylic acids is 2. The predicted molar refractivity (Wildman–Crippen MR) is 94.9 cm³/mol. The van der Waals surface area contributed by atoms with Crippen molar-refractivity contribution in [3.63, 3.8) is 0 Å². The molecule has 0 spiro atoms. The summed E-state index contributed by atoms with van der Waals surface area (Å²) in [5.74, 6) is 0.360. The summed E-state index contributed by atoms with van der Waals surface area (Å²) in [4.78, 5) is 26.4. The highest BCUT2D eigenvalue weighted by molar-refractivity contribution is 6.05. The zero-order valence-electron chi connectivity index (χ0n) is 14.2. The lowest BCUT2D eigenvalue weighted by molar-refractivity contribution is -0.143. The monoisotopic (exact) mass is 340 g/mol. The van der Waals surface area contributed by atoms with Gasteiger partial charge in [-0.25, -0.2) is 4.79 Å². The van der Waals surface area contributed by atoms with Gasteiger partial charge in [-0.2, -0.15) is 0 Å². The van der Waals surface area contributed by atoms with E-state index in [-0.39, 0.29) is 18.4 Å². The Labute approximate surface area is 146 Å². The first kappa shape index (κ1) is 16.8. The largest absolute Gasteiger partial charge is 0.497 e. The summed E-state index contributed by atoms with van der Waals surface area (Å²) in [6.45, 7) is 2.07. The first-order valence-corrected chi connectivity index (χ1v) is 8.13. The lowest BCUT2D eigenvalue weighted by atomic mass is 9.97. The van der Waals surface area contributed by atoms with Crippen LogP contribution in [0.2, 0.25) is 0 Å². The molecule has 0 bridgehead atoms. The van der Waals surface area contributed by atoms with Crippen LogP contribution in [0.4, 0.5) is 16.2 Å². The minimum Gasteiger partial charge on any atom is -0.497 e. The summed E-state index contributed by atoms with van der Waals surface area (Å²) in [5.41, 5.74) is 2.28. The highest BCUT2D eigenvalue weighted by Crippen LogP contribution is 2.38. The summed E-state index contributed by atoms with van der Waals surface area (Å²) < 4.78 is 10.3. The molecule has 2 aromatic carbocycles. The standard InChI is InChI=1S/C19H20N2O4/c1-3-25-18(22)12-17-15-6-4-5-7-16(15)20-19(23)21(17)13-8-10-14(24-2)11-9-13/h4-11,17H,3,12H2,1-2H3,(H,20,23). The molecule has 1 aliphatic rings. The number of urea groups is 1. The Balaban J connectivity index is 2.00. The lowest BCUT2D eigenvalue weighted by Gasteiger charge is -2.37. The first-order valence-electron chi connectivity index (χ1n) is 8.13. The van der Waals surface area contributed by atoms with Crippen LogP contribution < -0.4 is 15.0 Å². The number of fused-ring (bicyclic) bond motifs is 1. The molecule has 0 saturated carbocycles. The fraction of sp³-hybridized carbons (Fsp3) is 0.263. The number of ether oxygens (including phenoxy) is 2. The van der Waals surface area contributed by atoms with Crippen molar-refractivity contribution in [3.8, 4) is 5.75 Å². The van der Waals surface area contributed by atoms with Gasteiger partial charge in [-0.1, -0.05) is 18.2 Å². The van der Waals surface area contributed by atoms with Gasteiger partial charge in [-0.05, 0) is 42.8 Å². The van der Waals surface area contributed by atoms with Crippen LogP contribution in [0.3, 0.4) is 0 Å². The molecule has 0 fully saturated rings. The van der Waals surface area contributed by atoms with Crippen molar-refractivity contribution in [2.75, 3.05) is 23.9 Å². The van der Waals surface area contributed by atoms with Crippen molar-refractivity contribution >= 4 is 23.4 Å². The van der Waals surface area contributed by atoms with E-state index in [1.54, 1.807) is 43.2 Å². The number of amides is 2. The Morgan fingerprint density at radius 3 is 2.56 bits per heavy atom. The van der Waals surface area contributed by atoms with Gasteiger partial charge in [0.2, 0.25) is 0 Å². The summed E-state index contributed by atoms with van der Waals surface area (Å²) in [7, 11) is 1.59. The third kappa shape index (κ3) is 3.42. The van der Waals surface area contributed by atoms with Crippen molar-refractivity contribution in [3.05, 3.63) is 54.1 Å². The van der Waals surface area contributed by atoms with Crippen LogP contribution in [0.25, 0.3) is 0 Å². The molecule has 6 nitrogen and oxygen atoms in total. The van der Waals surface area contributed by atoms with Gasteiger partial charge >= 0.3 is 12.0 Å². The molecule has 1 heterocycles. The van der Waals surface area contributed by atoms with Crippen LogP contribution in [0.5, 0.6) is 5.75 Å². The zero-order valence-corrected chi connectivity index (χ0v) is 14.2. The van der Waals surface area contributed by atoms with E-state index in [1.807, 2.05) is 24.3 Å². The van der Waals surface area contributed by atoms with E-state index in [9.17, 15) is 9.59 Å². The van der Waals surface area contributed by atoms with Crippen molar-refractivity contribution in [1.29, 1.82) is 0 Å². The zero-order chi connectivity index (χ0) is 17.8. The third-order valence-electron chi connectivity index (χ3n) is 4.11. The Kier molecular flexibility index (Phi) is 4.88. The highest BCUT2D eigenvalue weighted by atomic mass is 16.5. The number of esters is 1. The molecule has 2 aromatic rings. The number of carbonyl (C=O) groups is 2. The SMILES string of the molecule is CCOC(=O)CC1c2ccccc2NC(=O)N1c1ccc(OC)cc1. The second kappa shape index (κ2) is 7.25. The van der Waals surface area contributed by atoms with Crippen LogP contribution in [-0.4, -0.2) is 25.7 Å². The van der Waals surface area contributed by atoms with Crippen molar-refractivity contribution in [2.24, 2.45) is 0 Å². The molecule has 3 rings (SSSR count). The quantitative estimate of drug-likeness (QED) is 0.842. The maximum absolute atomic E-state index is 12.7. The number of methoxy groups -OCH3 is 1. The fourth-order valence-electron chi connectivity index (χ4n) is 2.98. The summed E-state index contributed by atoms with van der Waals surface area (Å²) in [6.07, 6.45) is 0.0876. The average molecular weight is 340 g/mol. The van der Waals surface area contributed by atoms with Crippen LogP contribution >= 0.6 is 0 Å².